The smallest absolute Gasteiger partial charge is 0.337 e. The monoisotopic (exact) mass is 482 g/mol. The second-order valence-electron chi connectivity index (χ2n) is 7.04. The molecule has 2 aromatic heterocycles. The lowest BCUT2D eigenvalue weighted by Gasteiger charge is -2.14. The van der Waals surface area contributed by atoms with Crippen LogP contribution >= 0.6 is 11.6 Å². The number of alkyl halides is 4. The van der Waals surface area contributed by atoms with Crippen molar-refractivity contribution < 1.29 is 26.3 Å². The number of anilines is 2. The van der Waals surface area contributed by atoms with Crippen LogP contribution in [0.4, 0.5) is 37.8 Å². The highest BCUT2D eigenvalue weighted by molar-refractivity contribution is 6.16. The Morgan fingerprint density at radius 2 is 1.76 bits per heavy atom. The van der Waals surface area contributed by atoms with E-state index in [2.05, 4.69) is 20.3 Å². The maximum absolute atomic E-state index is 14.4. The molecular weight excluding hydrogens is 470 g/mol. The van der Waals surface area contributed by atoms with Gasteiger partial charge in [-0.05, 0) is 31.2 Å². The second-order valence-corrected chi connectivity index (χ2v) is 7.30. The topological polar surface area (TPSA) is 50.7 Å². The molecule has 0 bridgehead atoms. The van der Waals surface area contributed by atoms with Crippen molar-refractivity contribution >= 4 is 34.0 Å². The molecule has 0 radical (unpaired) electrons. The molecular formula is C22H13ClF6N4. The van der Waals surface area contributed by atoms with E-state index in [9.17, 15) is 26.3 Å². The molecule has 11 heteroatoms. The number of rotatable bonds is 4. The zero-order valence-electron chi connectivity index (χ0n) is 16.7. The van der Waals surface area contributed by atoms with E-state index in [0.717, 1.165) is 19.1 Å². The third-order valence-electron chi connectivity index (χ3n) is 4.89. The summed E-state index contributed by atoms with van der Waals surface area (Å²) in [4.78, 5) is 12.2. The number of nitrogens with zero attached hydrogens (tertiary/aromatic N) is 3. The molecule has 0 aliphatic heterocycles. The van der Waals surface area contributed by atoms with Crippen LogP contribution in [-0.2, 0) is 12.1 Å². The van der Waals surface area contributed by atoms with E-state index in [0.29, 0.717) is 0 Å². The fourth-order valence-electron chi connectivity index (χ4n) is 3.25. The number of nitrogens with one attached hydrogen (secondary N) is 1. The number of halogens is 7. The van der Waals surface area contributed by atoms with E-state index in [-0.39, 0.29) is 39.7 Å². The molecule has 0 saturated carbocycles. The molecule has 2 heterocycles. The van der Waals surface area contributed by atoms with Gasteiger partial charge in [0.1, 0.15) is 17.5 Å². The van der Waals surface area contributed by atoms with Gasteiger partial charge in [0.05, 0.1) is 28.3 Å². The van der Waals surface area contributed by atoms with Crippen LogP contribution in [0, 0.1) is 24.4 Å². The van der Waals surface area contributed by atoms with Crippen LogP contribution in [0.5, 0.6) is 0 Å². The number of hydrogen-bond donors (Lipinski definition) is 1. The lowest BCUT2D eigenvalue weighted by Crippen LogP contribution is -2.08. The van der Waals surface area contributed by atoms with Gasteiger partial charge in [-0.25, -0.2) is 23.1 Å². The summed E-state index contributed by atoms with van der Waals surface area (Å²) in [6, 6.07) is 6.98. The van der Waals surface area contributed by atoms with Gasteiger partial charge >= 0.3 is 6.18 Å². The second kappa shape index (κ2) is 8.51. The quantitative estimate of drug-likeness (QED) is 0.195. The first-order chi connectivity index (χ1) is 15.6. The lowest BCUT2D eigenvalue weighted by molar-refractivity contribution is -0.137. The summed E-state index contributed by atoms with van der Waals surface area (Å²) in [7, 11) is 0. The molecule has 0 amide bonds. The van der Waals surface area contributed by atoms with Gasteiger partial charge in [-0.3, -0.25) is 4.98 Å². The van der Waals surface area contributed by atoms with E-state index in [1.807, 2.05) is 0 Å². The Balaban J connectivity index is 1.87. The highest BCUT2D eigenvalue weighted by atomic mass is 35.5. The molecule has 1 N–H and O–H groups in total. The molecule has 33 heavy (non-hydrogen) atoms. The SMILES string of the molecule is Cc1c(F)cc(Nc2nc(CCl)nc3cc(-c4ncccc4C(F)(F)F)ccc23)c(F)c1F. The Morgan fingerprint density at radius 1 is 1.00 bits per heavy atom. The van der Waals surface area contributed by atoms with Crippen molar-refractivity contribution in [3.05, 3.63) is 77.0 Å². The van der Waals surface area contributed by atoms with Crippen LogP contribution < -0.4 is 5.32 Å². The van der Waals surface area contributed by atoms with E-state index in [1.165, 1.54) is 30.5 Å². The Bertz CT molecular complexity index is 1370. The van der Waals surface area contributed by atoms with Crippen LogP contribution in [0.25, 0.3) is 22.2 Å². The molecule has 0 fully saturated rings. The van der Waals surface area contributed by atoms with Gasteiger partial charge in [-0.1, -0.05) is 6.07 Å². The molecule has 4 rings (SSSR count). The zero-order chi connectivity index (χ0) is 23.9. The fourth-order valence-corrected chi connectivity index (χ4v) is 3.37. The summed E-state index contributed by atoms with van der Waals surface area (Å²) < 4.78 is 82.5. The predicted octanol–water partition coefficient (Wildman–Crippen LogP) is 6.92. The van der Waals surface area contributed by atoms with E-state index in [1.54, 1.807) is 0 Å². The van der Waals surface area contributed by atoms with Gasteiger partial charge in [-0.2, -0.15) is 13.2 Å². The number of hydrogen-bond acceptors (Lipinski definition) is 4. The maximum atomic E-state index is 14.4. The Morgan fingerprint density at radius 3 is 2.45 bits per heavy atom. The van der Waals surface area contributed by atoms with Crippen molar-refractivity contribution in [3.63, 3.8) is 0 Å². The van der Waals surface area contributed by atoms with Gasteiger partial charge in [0, 0.05) is 28.8 Å². The largest absolute Gasteiger partial charge is 0.418 e. The average molecular weight is 483 g/mol. The minimum atomic E-state index is -4.63. The summed E-state index contributed by atoms with van der Waals surface area (Å²) in [6.07, 6.45) is -3.40. The molecule has 4 aromatic rings. The van der Waals surface area contributed by atoms with Gasteiger partial charge < -0.3 is 5.32 Å². The third-order valence-corrected chi connectivity index (χ3v) is 5.13. The van der Waals surface area contributed by atoms with Crippen LogP contribution in [0.3, 0.4) is 0 Å². The zero-order valence-corrected chi connectivity index (χ0v) is 17.5. The Labute approximate surface area is 188 Å². The van der Waals surface area contributed by atoms with Crippen LogP contribution in [-0.4, -0.2) is 15.0 Å². The molecule has 4 nitrogen and oxygen atoms in total. The number of aromatic nitrogens is 3. The minimum absolute atomic E-state index is 0.0270. The normalized spacial score (nSPS) is 11.8. The molecule has 170 valence electrons. The van der Waals surface area contributed by atoms with Crippen LogP contribution in [0.1, 0.15) is 17.0 Å². The standard InChI is InChI=1S/C22H13ClF6N4/c1-10-14(24)8-16(19(26)18(10)25)32-21-12-5-4-11(7-15(12)31-17(9-23)33-21)20-13(22(27,28)29)3-2-6-30-20/h2-8H,9H2,1H3,(H,31,32,33). The van der Waals surface area contributed by atoms with Crippen molar-refractivity contribution in [2.75, 3.05) is 5.32 Å². The first kappa shape index (κ1) is 22.8. The molecule has 0 spiro atoms. The Kier molecular flexibility index (Phi) is 5.87. The van der Waals surface area contributed by atoms with Crippen molar-refractivity contribution in [1.29, 1.82) is 0 Å². The highest BCUT2D eigenvalue weighted by Crippen LogP contribution is 2.37. The van der Waals surface area contributed by atoms with Gasteiger partial charge in [-0.15, -0.1) is 11.6 Å². The summed E-state index contributed by atoms with van der Waals surface area (Å²) in [5.74, 6) is -3.77. The van der Waals surface area contributed by atoms with Crippen LogP contribution in [0.2, 0.25) is 0 Å². The average Bonchev–Trinajstić information content (AvgIpc) is 2.80. The van der Waals surface area contributed by atoms with E-state index < -0.39 is 40.4 Å². The highest BCUT2D eigenvalue weighted by Gasteiger charge is 2.34. The number of benzene rings is 2. The molecule has 0 aliphatic rings. The summed E-state index contributed by atoms with van der Waals surface area (Å²) in [5.41, 5.74) is -1.92. The maximum Gasteiger partial charge on any atom is 0.418 e. The van der Waals surface area contributed by atoms with Crippen molar-refractivity contribution in [3.8, 4) is 11.3 Å². The number of fused-ring (bicyclic) bond motifs is 1. The molecule has 2 aromatic carbocycles. The lowest BCUT2D eigenvalue weighted by atomic mass is 10.0. The molecule has 0 saturated heterocycles. The first-order valence-electron chi connectivity index (χ1n) is 9.40. The molecule has 0 aliphatic carbocycles. The first-order valence-corrected chi connectivity index (χ1v) is 9.94. The van der Waals surface area contributed by atoms with E-state index >= 15 is 0 Å². The summed E-state index contributed by atoms with van der Waals surface area (Å²) >= 11 is 5.84. The Hall–Kier alpha value is -3.40. The van der Waals surface area contributed by atoms with Gasteiger partial charge in [0.15, 0.2) is 11.6 Å². The third kappa shape index (κ3) is 4.30. The predicted molar refractivity (Wildman–Crippen MR) is 112 cm³/mol. The number of pyridine rings is 1. The summed E-state index contributed by atoms with van der Waals surface area (Å²) in [5, 5.41) is 2.80. The van der Waals surface area contributed by atoms with Crippen molar-refractivity contribution in [2.24, 2.45) is 0 Å². The minimum Gasteiger partial charge on any atom is -0.337 e. The molecule has 0 unspecified atom stereocenters. The fraction of sp³-hybridized carbons (Fsp3) is 0.136. The molecule has 0 atom stereocenters. The summed E-state index contributed by atoms with van der Waals surface area (Å²) in [6.45, 7) is 1.09. The van der Waals surface area contributed by atoms with Crippen molar-refractivity contribution in [1.82, 2.24) is 15.0 Å². The van der Waals surface area contributed by atoms with E-state index in [4.69, 9.17) is 11.6 Å². The van der Waals surface area contributed by atoms with Crippen molar-refractivity contribution in [2.45, 2.75) is 19.0 Å². The van der Waals surface area contributed by atoms with Gasteiger partial charge in [0.25, 0.3) is 0 Å². The van der Waals surface area contributed by atoms with Gasteiger partial charge in [0.2, 0.25) is 0 Å². The van der Waals surface area contributed by atoms with Crippen LogP contribution in [0.15, 0.2) is 42.6 Å².